The molecule has 2 atom stereocenters. The number of benzene rings is 1. The molecule has 0 spiro atoms. The van der Waals surface area contributed by atoms with Gasteiger partial charge in [-0.1, -0.05) is 30.3 Å². The summed E-state index contributed by atoms with van der Waals surface area (Å²) in [6.07, 6.45) is 3.71. The highest BCUT2D eigenvalue weighted by atomic mass is 32.2. The molecule has 1 aromatic rings. The van der Waals surface area contributed by atoms with Crippen LogP contribution in [-0.4, -0.2) is 65.9 Å². The Bertz CT molecular complexity index is 1090. The normalized spacial score (nSPS) is 22.4. The van der Waals surface area contributed by atoms with Gasteiger partial charge in [-0.25, -0.2) is 14.8 Å². The highest BCUT2D eigenvalue weighted by Crippen LogP contribution is 2.34. The second kappa shape index (κ2) is 11.1. The molecule has 2 heterocycles. The van der Waals surface area contributed by atoms with Crippen molar-refractivity contribution in [1.29, 1.82) is 0 Å². The first kappa shape index (κ1) is 26.6. The highest BCUT2D eigenvalue weighted by molar-refractivity contribution is 8.03. The van der Waals surface area contributed by atoms with Gasteiger partial charge in [0, 0.05) is 34.9 Å². The zero-order valence-corrected chi connectivity index (χ0v) is 22.3. The number of allylic oxidation sites excluding steroid dienone is 1. The maximum Gasteiger partial charge on any atom is 0.318 e. The molecular formula is C26H37N7OS. The number of carbonyl (C=O) groups is 1. The largest absolute Gasteiger partial charge is 0.400 e. The molecule has 0 saturated heterocycles. The Balaban J connectivity index is 1.87. The Morgan fingerprint density at radius 3 is 2.60 bits per heavy atom. The summed E-state index contributed by atoms with van der Waals surface area (Å²) in [5, 5.41) is 5.47. The number of nitrogens with two attached hydrogens (primary N) is 2. The third kappa shape index (κ3) is 5.97. The first-order valence-electron chi connectivity index (χ1n) is 11.7. The third-order valence-corrected chi connectivity index (χ3v) is 7.24. The van der Waals surface area contributed by atoms with Gasteiger partial charge in [0.25, 0.3) is 0 Å². The smallest absolute Gasteiger partial charge is 0.318 e. The monoisotopic (exact) mass is 495 g/mol. The van der Waals surface area contributed by atoms with Crippen molar-refractivity contribution in [3.05, 3.63) is 70.0 Å². The molecule has 2 aliphatic heterocycles. The van der Waals surface area contributed by atoms with Crippen molar-refractivity contribution in [2.75, 3.05) is 27.2 Å². The molecule has 1 unspecified atom stereocenters. The number of amidine groups is 1. The third-order valence-electron chi connectivity index (χ3n) is 6.28. The minimum atomic E-state index is -0.726. The molecule has 188 valence electrons. The maximum atomic E-state index is 13.5. The van der Waals surface area contributed by atoms with Crippen molar-refractivity contribution in [2.45, 2.75) is 44.5 Å². The van der Waals surface area contributed by atoms with Crippen LogP contribution in [0.3, 0.4) is 0 Å². The number of carbonyl (C=O) groups excluding carboxylic acids is 1. The van der Waals surface area contributed by atoms with Gasteiger partial charge in [0.05, 0.1) is 18.1 Å². The van der Waals surface area contributed by atoms with Gasteiger partial charge in [0.1, 0.15) is 5.84 Å². The molecule has 5 N–H and O–H groups in total. The molecule has 0 fully saturated rings. The molecule has 0 radical (unpaired) electrons. The molecule has 0 aliphatic carbocycles. The summed E-state index contributed by atoms with van der Waals surface area (Å²) in [5.74, 6) is 0.847. The van der Waals surface area contributed by atoms with E-state index >= 15 is 0 Å². The molecule has 2 aliphatic rings. The summed E-state index contributed by atoms with van der Waals surface area (Å²) in [6, 6.07) is 9.58. The lowest BCUT2D eigenvalue weighted by Crippen LogP contribution is -2.52. The quantitative estimate of drug-likeness (QED) is 0.395. The second-order valence-electron chi connectivity index (χ2n) is 9.46. The lowest BCUT2D eigenvalue weighted by molar-refractivity contribution is 0.165. The fourth-order valence-electron chi connectivity index (χ4n) is 4.18. The predicted molar refractivity (Wildman–Crippen MR) is 147 cm³/mol. The Morgan fingerprint density at radius 1 is 1.34 bits per heavy atom. The number of thioether (sulfide) groups is 1. The second-order valence-corrected chi connectivity index (χ2v) is 10.7. The van der Waals surface area contributed by atoms with Gasteiger partial charge in [-0.05, 0) is 58.8 Å². The lowest BCUT2D eigenvalue weighted by atomic mass is 10.00. The minimum Gasteiger partial charge on any atom is -0.400 e. The van der Waals surface area contributed by atoms with Gasteiger partial charge in [0.2, 0.25) is 0 Å². The fourth-order valence-corrected chi connectivity index (χ4v) is 4.97. The topological polar surface area (TPSA) is 112 Å². The molecule has 0 bridgehead atoms. The fraction of sp³-hybridized carbons (Fsp3) is 0.423. The van der Waals surface area contributed by atoms with E-state index in [0.717, 1.165) is 11.1 Å². The highest BCUT2D eigenvalue weighted by Gasteiger charge is 2.42. The summed E-state index contributed by atoms with van der Waals surface area (Å²) >= 11 is 1.71. The van der Waals surface area contributed by atoms with E-state index in [0.29, 0.717) is 23.6 Å². The number of amides is 2. The summed E-state index contributed by atoms with van der Waals surface area (Å²) in [7, 11) is 3.97. The van der Waals surface area contributed by atoms with Gasteiger partial charge in [-0.2, -0.15) is 0 Å². The number of urea groups is 1. The van der Waals surface area contributed by atoms with Gasteiger partial charge in [-0.15, -0.1) is 11.8 Å². The number of hydrogen-bond acceptors (Lipinski definition) is 6. The summed E-state index contributed by atoms with van der Waals surface area (Å²) < 4.78 is 0. The van der Waals surface area contributed by atoms with Crippen LogP contribution < -0.4 is 16.8 Å². The van der Waals surface area contributed by atoms with Crippen molar-refractivity contribution in [3.63, 3.8) is 0 Å². The Labute approximate surface area is 212 Å². The molecule has 1 aromatic carbocycles. The standard InChI is InChI=1S/C26H37N7OS/c1-7-29-24(19-13-14-35-17(19)2)31-23(28)20-15-33(26(3,4)22(20)27)25(34)30-21(16-32(5)6)18-11-9-8-10-12-18/h7-14,17,21H,15-16,27H2,1-6H3,(H2,28,31)(H,30,34)/b24-19+,29-7-/t17?,21-/m1/s1. The first-order chi connectivity index (χ1) is 16.6. The van der Waals surface area contributed by atoms with Crippen LogP contribution >= 0.6 is 11.8 Å². The van der Waals surface area contributed by atoms with Crippen molar-refractivity contribution < 1.29 is 4.79 Å². The van der Waals surface area contributed by atoms with E-state index in [9.17, 15) is 4.79 Å². The molecule has 9 heteroatoms. The molecule has 8 nitrogen and oxygen atoms in total. The van der Waals surface area contributed by atoms with Crippen LogP contribution in [0.1, 0.15) is 39.3 Å². The SMILES string of the molecule is C\C=N/C(/N=C(\N)C1=C(N)C(C)(C)N(C(=O)N[C@H](CN(C)C)c2ccccc2)C1)=C1/C=CSC1C. The van der Waals surface area contributed by atoms with E-state index in [1.54, 1.807) is 22.9 Å². The van der Waals surface area contributed by atoms with Crippen molar-refractivity contribution >= 4 is 29.8 Å². The van der Waals surface area contributed by atoms with E-state index in [2.05, 4.69) is 27.1 Å². The molecular weight excluding hydrogens is 458 g/mol. The summed E-state index contributed by atoms with van der Waals surface area (Å²) in [4.78, 5) is 26.4. The van der Waals surface area contributed by atoms with Crippen molar-refractivity contribution in [1.82, 2.24) is 15.1 Å². The van der Waals surface area contributed by atoms with Gasteiger partial charge >= 0.3 is 6.03 Å². The van der Waals surface area contributed by atoms with E-state index in [1.165, 1.54) is 0 Å². The predicted octanol–water partition coefficient (Wildman–Crippen LogP) is 3.61. The van der Waals surface area contributed by atoms with Gasteiger partial charge in [-0.3, -0.25) is 0 Å². The Kier molecular flexibility index (Phi) is 8.45. The maximum absolute atomic E-state index is 13.5. The van der Waals surface area contributed by atoms with E-state index in [4.69, 9.17) is 11.5 Å². The summed E-state index contributed by atoms with van der Waals surface area (Å²) in [6.45, 7) is 8.73. The Morgan fingerprint density at radius 2 is 2.03 bits per heavy atom. The van der Waals surface area contributed by atoms with Crippen LogP contribution in [0.2, 0.25) is 0 Å². The van der Waals surface area contributed by atoms with Crippen molar-refractivity contribution in [2.24, 2.45) is 21.5 Å². The van der Waals surface area contributed by atoms with E-state index in [-0.39, 0.29) is 29.7 Å². The van der Waals surface area contributed by atoms with Crippen LogP contribution in [0, 0.1) is 0 Å². The van der Waals surface area contributed by atoms with Crippen LogP contribution in [0.15, 0.2) is 74.5 Å². The van der Waals surface area contributed by atoms with E-state index < -0.39 is 5.54 Å². The zero-order chi connectivity index (χ0) is 25.8. The van der Waals surface area contributed by atoms with Crippen LogP contribution in [0.4, 0.5) is 4.79 Å². The van der Waals surface area contributed by atoms with Crippen LogP contribution in [0.5, 0.6) is 0 Å². The Hall–Kier alpha value is -3.04. The lowest BCUT2D eigenvalue weighted by Gasteiger charge is -2.35. The van der Waals surface area contributed by atoms with Crippen molar-refractivity contribution in [3.8, 4) is 0 Å². The molecule has 0 saturated carbocycles. The molecule has 3 rings (SSSR count). The molecule has 0 aromatic heterocycles. The average molecular weight is 496 g/mol. The average Bonchev–Trinajstić information content (AvgIpc) is 3.33. The van der Waals surface area contributed by atoms with Crippen LogP contribution in [0.25, 0.3) is 0 Å². The number of hydrogen-bond donors (Lipinski definition) is 3. The summed E-state index contributed by atoms with van der Waals surface area (Å²) in [5.41, 5.74) is 15.5. The molecule has 2 amide bonds. The number of aliphatic imine (C=N–C) groups is 2. The van der Waals surface area contributed by atoms with Gasteiger partial charge in [0.15, 0.2) is 5.82 Å². The van der Waals surface area contributed by atoms with E-state index in [1.807, 2.05) is 76.7 Å². The van der Waals surface area contributed by atoms with Gasteiger partial charge < -0.3 is 26.6 Å². The number of nitrogens with zero attached hydrogens (tertiary/aromatic N) is 4. The molecule has 35 heavy (non-hydrogen) atoms. The first-order valence-corrected chi connectivity index (χ1v) is 12.7. The minimum absolute atomic E-state index is 0.172. The number of rotatable bonds is 7. The number of likely N-dealkylation sites (N-methyl/N-ethyl adjacent to an activating group) is 1. The zero-order valence-electron chi connectivity index (χ0n) is 21.4. The van der Waals surface area contributed by atoms with Crippen LogP contribution in [-0.2, 0) is 0 Å². The number of nitrogens with one attached hydrogen (secondary N) is 1.